The van der Waals surface area contributed by atoms with Crippen molar-refractivity contribution in [2.45, 2.75) is 26.8 Å². The van der Waals surface area contributed by atoms with Crippen molar-refractivity contribution in [2.75, 3.05) is 26.9 Å². The monoisotopic (exact) mass is 534 g/mol. The molecule has 2 N–H and O–H groups in total. The van der Waals surface area contributed by atoms with Crippen LogP contribution in [0.5, 0.6) is 11.5 Å². The molecular weight excluding hydrogens is 511 g/mol. The van der Waals surface area contributed by atoms with E-state index < -0.39 is 18.0 Å². The number of ether oxygens (including phenoxy) is 4. The maximum Gasteiger partial charge on any atom is 0.343 e. The summed E-state index contributed by atoms with van der Waals surface area (Å²) in [5, 5.41) is 6.48. The molecule has 1 aromatic carbocycles. The molecule has 0 spiro atoms. The Bertz CT molecular complexity index is 842. The molecule has 1 aromatic rings. The molecule has 1 aliphatic heterocycles. The number of esters is 2. The molecule has 1 heterocycles. The first-order chi connectivity index (χ1) is 13.8. The highest BCUT2D eigenvalue weighted by Gasteiger charge is 2.32. The number of thiocarbonyl (C=S) groups is 1. The van der Waals surface area contributed by atoms with Gasteiger partial charge in [-0.05, 0) is 73.3 Å². The lowest BCUT2D eigenvalue weighted by Crippen LogP contribution is -2.45. The Kier molecular flexibility index (Phi) is 8.50. The van der Waals surface area contributed by atoms with Gasteiger partial charge >= 0.3 is 11.9 Å². The van der Waals surface area contributed by atoms with Crippen molar-refractivity contribution < 1.29 is 28.5 Å². The van der Waals surface area contributed by atoms with Crippen molar-refractivity contribution in [3.63, 3.8) is 0 Å². The first-order valence-electron chi connectivity index (χ1n) is 8.93. The Morgan fingerprint density at radius 3 is 2.55 bits per heavy atom. The number of carbonyl (C=O) groups excluding carboxylic acids is 2. The van der Waals surface area contributed by atoms with Crippen LogP contribution in [0.3, 0.4) is 0 Å². The van der Waals surface area contributed by atoms with Crippen LogP contribution in [-0.4, -0.2) is 44.0 Å². The topological polar surface area (TPSA) is 95.1 Å². The number of halogens is 1. The van der Waals surface area contributed by atoms with Crippen LogP contribution < -0.4 is 20.1 Å². The van der Waals surface area contributed by atoms with E-state index in [1.165, 1.54) is 7.11 Å². The van der Waals surface area contributed by atoms with Gasteiger partial charge in [0, 0.05) is 5.70 Å². The number of carbonyl (C=O) groups is 2. The molecule has 0 aromatic heterocycles. The zero-order valence-corrected chi connectivity index (χ0v) is 19.6. The summed E-state index contributed by atoms with van der Waals surface area (Å²) < 4.78 is 21.9. The van der Waals surface area contributed by atoms with Crippen molar-refractivity contribution in [3.05, 3.63) is 32.5 Å². The lowest BCUT2D eigenvalue weighted by atomic mass is 9.95. The quantitative estimate of drug-likeness (QED) is 0.297. The number of hydrogen-bond acceptors (Lipinski definition) is 7. The van der Waals surface area contributed by atoms with Crippen molar-refractivity contribution in [3.8, 4) is 11.5 Å². The molecule has 0 aliphatic carbocycles. The fourth-order valence-corrected chi connectivity index (χ4v) is 3.82. The molecule has 0 amide bonds. The van der Waals surface area contributed by atoms with Crippen molar-refractivity contribution in [1.82, 2.24) is 10.6 Å². The standard InChI is InChI=1S/C19H23IN2O6S/c1-5-26-13-8-11(7-12(20)17(13)28-9-14(23)25-4)16-15(18(24)27-6-2)10(3)21-19(29)22-16/h7-8,16H,5-6,9H2,1-4H3,(H2,21,22,29)/t16-/m0/s1. The lowest BCUT2D eigenvalue weighted by Gasteiger charge is -2.30. The van der Waals surface area contributed by atoms with Crippen LogP contribution in [0, 0.1) is 3.57 Å². The van der Waals surface area contributed by atoms with E-state index in [4.69, 9.17) is 26.4 Å². The molecule has 0 unspecified atom stereocenters. The van der Waals surface area contributed by atoms with Gasteiger partial charge in [0.1, 0.15) is 0 Å². The van der Waals surface area contributed by atoms with E-state index in [9.17, 15) is 9.59 Å². The van der Waals surface area contributed by atoms with Gasteiger partial charge in [0.25, 0.3) is 0 Å². The number of benzene rings is 1. The molecule has 1 atom stereocenters. The third-order valence-electron chi connectivity index (χ3n) is 3.99. The lowest BCUT2D eigenvalue weighted by molar-refractivity contribution is -0.143. The second-order valence-electron chi connectivity index (χ2n) is 5.92. The van der Waals surface area contributed by atoms with Gasteiger partial charge in [-0.1, -0.05) is 0 Å². The van der Waals surface area contributed by atoms with Crippen LogP contribution in [0.4, 0.5) is 0 Å². The minimum absolute atomic E-state index is 0.241. The molecule has 0 radical (unpaired) electrons. The third kappa shape index (κ3) is 5.72. The predicted octanol–water partition coefficient (Wildman–Crippen LogP) is 2.60. The summed E-state index contributed by atoms with van der Waals surface area (Å²) in [6, 6.07) is 3.08. The van der Waals surface area contributed by atoms with Crippen LogP contribution in [0.2, 0.25) is 0 Å². The highest BCUT2D eigenvalue weighted by atomic mass is 127. The number of rotatable bonds is 8. The van der Waals surface area contributed by atoms with Gasteiger partial charge in [0.15, 0.2) is 23.2 Å². The van der Waals surface area contributed by atoms with Gasteiger partial charge in [0.05, 0.1) is 35.5 Å². The highest BCUT2D eigenvalue weighted by molar-refractivity contribution is 14.1. The number of hydrogen-bond donors (Lipinski definition) is 2. The zero-order chi connectivity index (χ0) is 21.6. The zero-order valence-electron chi connectivity index (χ0n) is 16.6. The average molecular weight is 534 g/mol. The number of allylic oxidation sites excluding steroid dienone is 1. The largest absolute Gasteiger partial charge is 0.490 e. The van der Waals surface area contributed by atoms with E-state index in [1.54, 1.807) is 19.9 Å². The second kappa shape index (κ2) is 10.6. The normalized spacial score (nSPS) is 15.9. The SMILES string of the molecule is CCOC(=O)C1=C(C)NC(=S)N[C@H]1c1cc(I)c(OCC(=O)OC)c(OCC)c1. The fraction of sp³-hybridized carbons (Fsp3) is 0.421. The molecule has 1 aliphatic rings. The van der Waals surface area contributed by atoms with Crippen molar-refractivity contribution >= 4 is 51.9 Å². The first-order valence-corrected chi connectivity index (χ1v) is 10.4. The Morgan fingerprint density at radius 1 is 1.21 bits per heavy atom. The summed E-state index contributed by atoms with van der Waals surface area (Å²) in [6.45, 7) is 5.78. The molecule has 158 valence electrons. The van der Waals surface area contributed by atoms with Gasteiger partial charge in [-0.3, -0.25) is 0 Å². The Balaban J connectivity index is 2.48. The van der Waals surface area contributed by atoms with E-state index in [0.29, 0.717) is 38.1 Å². The molecule has 29 heavy (non-hydrogen) atoms. The average Bonchev–Trinajstić information content (AvgIpc) is 2.66. The van der Waals surface area contributed by atoms with E-state index in [2.05, 4.69) is 38.0 Å². The maximum atomic E-state index is 12.6. The first kappa shape index (κ1) is 23.2. The molecule has 0 saturated carbocycles. The Hall–Kier alpha value is -2.08. The van der Waals surface area contributed by atoms with Gasteiger partial charge in [-0.2, -0.15) is 0 Å². The number of methoxy groups -OCH3 is 1. The molecular formula is C19H23IN2O6S. The predicted molar refractivity (Wildman–Crippen MR) is 119 cm³/mol. The highest BCUT2D eigenvalue weighted by Crippen LogP contribution is 2.38. The number of nitrogens with one attached hydrogen (secondary N) is 2. The maximum absolute atomic E-state index is 12.6. The minimum atomic E-state index is -0.523. The Labute approximate surface area is 188 Å². The smallest absolute Gasteiger partial charge is 0.343 e. The fourth-order valence-electron chi connectivity index (χ4n) is 2.77. The van der Waals surface area contributed by atoms with E-state index in [1.807, 2.05) is 13.0 Å². The van der Waals surface area contributed by atoms with Crippen LogP contribution >= 0.6 is 34.8 Å². The third-order valence-corrected chi connectivity index (χ3v) is 5.01. The van der Waals surface area contributed by atoms with Crippen LogP contribution in [-0.2, 0) is 19.1 Å². The van der Waals surface area contributed by atoms with Crippen molar-refractivity contribution in [2.24, 2.45) is 0 Å². The van der Waals surface area contributed by atoms with E-state index in [-0.39, 0.29) is 13.2 Å². The van der Waals surface area contributed by atoms with Gasteiger partial charge in [-0.15, -0.1) is 0 Å². The molecule has 0 bridgehead atoms. The minimum Gasteiger partial charge on any atom is -0.490 e. The molecule has 10 heteroatoms. The summed E-state index contributed by atoms with van der Waals surface area (Å²) in [5.41, 5.74) is 1.80. The molecule has 2 rings (SSSR count). The van der Waals surface area contributed by atoms with E-state index in [0.717, 1.165) is 5.56 Å². The van der Waals surface area contributed by atoms with Crippen molar-refractivity contribution in [1.29, 1.82) is 0 Å². The summed E-state index contributed by atoms with van der Waals surface area (Å²) in [7, 11) is 1.29. The van der Waals surface area contributed by atoms with Crippen LogP contribution in [0.1, 0.15) is 32.4 Å². The van der Waals surface area contributed by atoms with Crippen LogP contribution in [0.25, 0.3) is 0 Å². The summed E-state index contributed by atoms with van der Waals surface area (Å²) in [6.07, 6.45) is 0. The molecule has 0 fully saturated rings. The molecule has 0 saturated heterocycles. The van der Waals surface area contributed by atoms with Gasteiger partial charge in [0.2, 0.25) is 0 Å². The van der Waals surface area contributed by atoms with Crippen LogP contribution in [0.15, 0.2) is 23.4 Å². The summed E-state index contributed by atoms with van der Waals surface area (Å²) in [5.74, 6) is -0.0563. The van der Waals surface area contributed by atoms with Gasteiger partial charge in [-0.25, -0.2) is 9.59 Å². The van der Waals surface area contributed by atoms with E-state index >= 15 is 0 Å². The summed E-state index contributed by atoms with van der Waals surface area (Å²) >= 11 is 7.36. The van der Waals surface area contributed by atoms with Gasteiger partial charge < -0.3 is 29.6 Å². The molecule has 8 nitrogen and oxygen atoms in total. The second-order valence-corrected chi connectivity index (χ2v) is 7.49. The summed E-state index contributed by atoms with van der Waals surface area (Å²) in [4.78, 5) is 24.0. The Morgan fingerprint density at radius 2 is 1.93 bits per heavy atom.